The molecule has 0 bridgehead atoms. The first-order chi connectivity index (χ1) is 11.5. The average molecular weight is 404 g/mol. The largest absolute Gasteiger partial charge is 0.376 e. The second-order valence-electron chi connectivity index (χ2n) is 5.61. The zero-order chi connectivity index (χ0) is 17.1. The summed E-state index contributed by atoms with van der Waals surface area (Å²) < 4.78 is 2.15. The van der Waals surface area contributed by atoms with E-state index < -0.39 is 0 Å². The fourth-order valence-electron chi connectivity index (χ4n) is 2.46. The SMILES string of the molecule is Cc1nc2ccc(NCC(=O)NC(C)c3ccc(Br)cc3)cc2s1. The van der Waals surface area contributed by atoms with Gasteiger partial charge >= 0.3 is 0 Å². The van der Waals surface area contributed by atoms with E-state index in [1.807, 2.05) is 56.3 Å². The van der Waals surface area contributed by atoms with Gasteiger partial charge in [-0.05, 0) is 49.7 Å². The quantitative estimate of drug-likeness (QED) is 0.651. The zero-order valence-electron chi connectivity index (χ0n) is 13.5. The second kappa shape index (κ2) is 7.32. The molecule has 0 saturated carbocycles. The van der Waals surface area contributed by atoms with Gasteiger partial charge in [0.25, 0.3) is 0 Å². The van der Waals surface area contributed by atoms with Gasteiger partial charge in [0.2, 0.25) is 5.91 Å². The summed E-state index contributed by atoms with van der Waals surface area (Å²) in [6, 6.07) is 13.9. The summed E-state index contributed by atoms with van der Waals surface area (Å²) in [5, 5.41) is 7.22. The van der Waals surface area contributed by atoms with Crippen molar-refractivity contribution in [2.24, 2.45) is 0 Å². The Balaban J connectivity index is 1.56. The number of fused-ring (bicyclic) bond motifs is 1. The van der Waals surface area contributed by atoms with E-state index >= 15 is 0 Å². The molecule has 3 aromatic rings. The van der Waals surface area contributed by atoms with Crippen LogP contribution in [0.4, 0.5) is 5.69 Å². The highest BCUT2D eigenvalue weighted by Gasteiger charge is 2.09. The van der Waals surface area contributed by atoms with Crippen molar-refractivity contribution in [1.29, 1.82) is 0 Å². The maximum atomic E-state index is 12.1. The molecular weight excluding hydrogens is 386 g/mol. The van der Waals surface area contributed by atoms with Crippen LogP contribution in [0.5, 0.6) is 0 Å². The summed E-state index contributed by atoms with van der Waals surface area (Å²) >= 11 is 5.07. The van der Waals surface area contributed by atoms with Crippen molar-refractivity contribution in [2.45, 2.75) is 19.9 Å². The molecule has 0 fully saturated rings. The van der Waals surface area contributed by atoms with Crippen LogP contribution in [0, 0.1) is 6.92 Å². The van der Waals surface area contributed by atoms with Crippen molar-refractivity contribution >= 4 is 49.1 Å². The highest BCUT2D eigenvalue weighted by Crippen LogP contribution is 2.24. The van der Waals surface area contributed by atoms with Gasteiger partial charge in [0.1, 0.15) is 0 Å². The first kappa shape index (κ1) is 16.9. The smallest absolute Gasteiger partial charge is 0.239 e. The van der Waals surface area contributed by atoms with Gasteiger partial charge in [-0.25, -0.2) is 4.98 Å². The van der Waals surface area contributed by atoms with Crippen molar-refractivity contribution in [1.82, 2.24) is 10.3 Å². The van der Waals surface area contributed by atoms with Crippen LogP contribution in [0.25, 0.3) is 10.2 Å². The molecule has 6 heteroatoms. The Morgan fingerprint density at radius 1 is 1.25 bits per heavy atom. The van der Waals surface area contributed by atoms with Crippen LogP contribution in [0.1, 0.15) is 23.5 Å². The van der Waals surface area contributed by atoms with Crippen LogP contribution in [-0.4, -0.2) is 17.4 Å². The fraction of sp³-hybridized carbons (Fsp3) is 0.222. The summed E-state index contributed by atoms with van der Waals surface area (Å²) in [6.45, 7) is 4.21. The number of amides is 1. The first-order valence-corrected chi connectivity index (χ1v) is 9.28. The molecule has 0 aliphatic heterocycles. The number of benzene rings is 2. The number of nitrogens with zero attached hydrogens (tertiary/aromatic N) is 1. The maximum absolute atomic E-state index is 12.1. The van der Waals surface area contributed by atoms with E-state index in [2.05, 4.69) is 31.5 Å². The molecule has 0 radical (unpaired) electrons. The number of carbonyl (C=O) groups excluding carboxylic acids is 1. The molecule has 24 heavy (non-hydrogen) atoms. The molecule has 2 aromatic carbocycles. The van der Waals surface area contributed by atoms with E-state index in [1.165, 1.54) is 0 Å². The van der Waals surface area contributed by atoms with E-state index in [0.29, 0.717) is 0 Å². The molecule has 1 aromatic heterocycles. The standard InChI is InChI=1S/C18H18BrN3OS/c1-11(13-3-5-14(19)6-4-13)21-18(23)10-20-15-7-8-16-17(9-15)24-12(2)22-16/h3-9,11,20H,10H2,1-2H3,(H,21,23). The number of hydrogen-bond acceptors (Lipinski definition) is 4. The minimum Gasteiger partial charge on any atom is -0.376 e. The molecule has 0 aliphatic rings. The minimum atomic E-state index is -0.0361. The number of aromatic nitrogens is 1. The Bertz CT molecular complexity index is 860. The Morgan fingerprint density at radius 2 is 2.00 bits per heavy atom. The van der Waals surface area contributed by atoms with Gasteiger partial charge in [0.15, 0.2) is 0 Å². The number of carbonyl (C=O) groups is 1. The Kier molecular flexibility index (Phi) is 5.16. The van der Waals surface area contributed by atoms with E-state index in [4.69, 9.17) is 0 Å². The molecular formula is C18H18BrN3OS. The summed E-state index contributed by atoms with van der Waals surface area (Å²) in [4.78, 5) is 16.6. The molecule has 124 valence electrons. The number of nitrogens with one attached hydrogen (secondary N) is 2. The van der Waals surface area contributed by atoms with Gasteiger partial charge < -0.3 is 10.6 Å². The molecule has 0 aliphatic carbocycles. The lowest BCUT2D eigenvalue weighted by molar-refractivity contribution is -0.120. The Hall–Kier alpha value is -1.92. The number of rotatable bonds is 5. The lowest BCUT2D eigenvalue weighted by atomic mass is 10.1. The van der Waals surface area contributed by atoms with Crippen molar-refractivity contribution in [3.63, 3.8) is 0 Å². The maximum Gasteiger partial charge on any atom is 0.239 e. The molecule has 3 rings (SSSR count). The number of anilines is 1. The van der Waals surface area contributed by atoms with Gasteiger partial charge in [0, 0.05) is 10.2 Å². The number of hydrogen-bond donors (Lipinski definition) is 2. The van der Waals surface area contributed by atoms with Crippen molar-refractivity contribution in [3.05, 3.63) is 57.5 Å². The van der Waals surface area contributed by atoms with E-state index in [-0.39, 0.29) is 18.5 Å². The van der Waals surface area contributed by atoms with Crippen LogP contribution >= 0.6 is 27.3 Å². The van der Waals surface area contributed by atoms with Crippen LogP contribution in [0.3, 0.4) is 0 Å². The summed E-state index contributed by atoms with van der Waals surface area (Å²) in [5.74, 6) is -0.0361. The van der Waals surface area contributed by atoms with Crippen LogP contribution in [-0.2, 0) is 4.79 Å². The minimum absolute atomic E-state index is 0.0287. The number of thiazole rings is 1. The number of aryl methyl sites for hydroxylation is 1. The topological polar surface area (TPSA) is 54.0 Å². The Morgan fingerprint density at radius 3 is 2.75 bits per heavy atom. The normalized spacial score (nSPS) is 12.1. The monoisotopic (exact) mass is 403 g/mol. The third-order valence-corrected chi connectivity index (χ3v) is 5.16. The molecule has 1 unspecified atom stereocenters. The Labute approximate surface area is 153 Å². The van der Waals surface area contributed by atoms with Gasteiger partial charge in [-0.1, -0.05) is 28.1 Å². The molecule has 0 saturated heterocycles. The molecule has 1 amide bonds. The van der Waals surface area contributed by atoms with Crippen molar-refractivity contribution < 1.29 is 4.79 Å². The highest BCUT2D eigenvalue weighted by atomic mass is 79.9. The predicted molar refractivity (Wildman–Crippen MR) is 104 cm³/mol. The molecule has 4 nitrogen and oxygen atoms in total. The van der Waals surface area contributed by atoms with Crippen molar-refractivity contribution in [3.8, 4) is 0 Å². The lowest BCUT2D eigenvalue weighted by Gasteiger charge is -2.15. The number of halogens is 1. The van der Waals surface area contributed by atoms with Crippen LogP contribution in [0.15, 0.2) is 46.9 Å². The average Bonchev–Trinajstić information content (AvgIpc) is 2.92. The molecule has 1 atom stereocenters. The van der Waals surface area contributed by atoms with Gasteiger partial charge in [0.05, 0.1) is 27.8 Å². The van der Waals surface area contributed by atoms with Gasteiger partial charge in [-0.3, -0.25) is 4.79 Å². The predicted octanol–water partition coefficient (Wildman–Crippen LogP) is 4.66. The molecule has 0 spiro atoms. The highest BCUT2D eigenvalue weighted by molar-refractivity contribution is 9.10. The third-order valence-electron chi connectivity index (χ3n) is 3.70. The van der Waals surface area contributed by atoms with E-state index in [9.17, 15) is 4.79 Å². The van der Waals surface area contributed by atoms with Gasteiger partial charge in [-0.15, -0.1) is 11.3 Å². The molecule has 2 N–H and O–H groups in total. The lowest BCUT2D eigenvalue weighted by Crippen LogP contribution is -2.32. The van der Waals surface area contributed by atoms with Crippen LogP contribution in [0.2, 0.25) is 0 Å². The fourth-order valence-corrected chi connectivity index (χ4v) is 3.59. The summed E-state index contributed by atoms with van der Waals surface area (Å²) in [5.41, 5.74) is 3.00. The van der Waals surface area contributed by atoms with E-state index in [0.717, 1.165) is 30.9 Å². The zero-order valence-corrected chi connectivity index (χ0v) is 15.9. The summed E-state index contributed by atoms with van der Waals surface area (Å²) in [6.07, 6.45) is 0. The molecule has 1 heterocycles. The third kappa shape index (κ3) is 4.13. The van der Waals surface area contributed by atoms with Gasteiger partial charge in [-0.2, -0.15) is 0 Å². The van der Waals surface area contributed by atoms with E-state index in [1.54, 1.807) is 11.3 Å². The summed E-state index contributed by atoms with van der Waals surface area (Å²) in [7, 11) is 0. The van der Waals surface area contributed by atoms with Crippen LogP contribution < -0.4 is 10.6 Å². The first-order valence-electron chi connectivity index (χ1n) is 7.67. The second-order valence-corrected chi connectivity index (χ2v) is 7.76. The van der Waals surface area contributed by atoms with Crippen molar-refractivity contribution in [2.75, 3.05) is 11.9 Å².